The molecule has 3 heterocycles. The van der Waals surface area contributed by atoms with E-state index >= 15 is 0 Å². The number of sulfonamides is 1. The quantitative estimate of drug-likeness (QED) is 0.748. The van der Waals surface area contributed by atoms with Gasteiger partial charge in [-0.2, -0.15) is 0 Å². The maximum Gasteiger partial charge on any atom is 0.229 e. The zero-order valence-electron chi connectivity index (χ0n) is 14.4. The predicted octanol–water partition coefficient (Wildman–Crippen LogP) is 3.32. The lowest BCUT2D eigenvalue weighted by Crippen LogP contribution is -2.52. The fraction of sp³-hybridized carbons (Fsp3) is 0.389. The monoisotopic (exact) mass is 392 g/mol. The topological polar surface area (TPSA) is 74.2 Å². The van der Waals surface area contributed by atoms with Crippen LogP contribution in [0.2, 0.25) is 0 Å². The Labute approximate surface area is 157 Å². The third-order valence-electron chi connectivity index (χ3n) is 4.86. The van der Waals surface area contributed by atoms with Crippen LogP contribution in [0.5, 0.6) is 5.75 Å². The highest BCUT2D eigenvalue weighted by atomic mass is 32.3. The molecule has 26 heavy (non-hydrogen) atoms. The molecule has 4 rings (SSSR count). The summed E-state index contributed by atoms with van der Waals surface area (Å²) in [4.78, 5) is 5.80. The zero-order chi connectivity index (χ0) is 18.2. The van der Waals surface area contributed by atoms with Gasteiger partial charge < -0.3 is 14.1 Å². The first kappa shape index (κ1) is 17.7. The molecule has 0 aliphatic carbocycles. The summed E-state index contributed by atoms with van der Waals surface area (Å²) in [7, 11) is -1.84. The molecule has 2 unspecified atom stereocenters. The molecule has 0 radical (unpaired) electrons. The third-order valence-corrected chi connectivity index (χ3v) is 8.07. The Morgan fingerprint density at radius 1 is 1.35 bits per heavy atom. The van der Waals surface area contributed by atoms with Crippen molar-refractivity contribution < 1.29 is 18.3 Å². The number of rotatable bonds is 4. The molecule has 0 N–H and O–H groups in total. The molecule has 1 aromatic carbocycles. The Hall–Kier alpha value is -1.74. The van der Waals surface area contributed by atoms with Gasteiger partial charge in [-0.15, -0.1) is 4.31 Å². The highest BCUT2D eigenvalue weighted by Crippen LogP contribution is 2.38. The van der Waals surface area contributed by atoms with E-state index in [0.29, 0.717) is 23.7 Å². The number of ether oxygens (including phenoxy) is 1. The molecule has 0 amide bonds. The molecular weight excluding hydrogens is 372 g/mol. The van der Waals surface area contributed by atoms with Crippen LogP contribution in [0.25, 0.3) is 0 Å². The van der Waals surface area contributed by atoms with Gasteiger partial charge in [-0.25, -0.2) is 0 Å². The average molecular weight is 393 g/mol. The van der Waals surface area contributed by atoms with E-state index in [1.165, 1.54) is 15.6 Å². The lowest BCUT2D eigenvalue weighted by molar-refractivity contribution is -0.0533. The molecule has 1 spiro atoms. The van der Waals surface area contributed by atoms with Crippen molar-refractivity contribution in [1.82, 2.24) is 4.31 Å². The van der Waals surface area contributed by atoms with Crippen LogP contribution in [0.15, 0.2) is 51.1 Å². The maximum absolute atomic E-state index is 12.8. The normalized spacial score (nSPS) is 25.5. The second kappa shape index (κ2) is 6.77. The summed E-state index contributed by atoms with van der Waals surface area (Å²) < 4.78 is 32.8. The van der Waals surface area contributed by atoms with Crippen LogP contribution >= 0.6 is 11.3 Å². The second-order valence-electron chi connectivity index (χ2n) is 6.59. The molecule has 0 saturated carbocycles. The van der Waals surface area contributed by atoms with E-state index in [4.69, 9.17) is 9.57 Å². The van der Waals surface area contributed by atoms with E-state index in [2.05, 4.69) is 5.16 Å². The molecule has 2 aliphatic rings. The summed E-state index contributed by atoms with van der Waals surface area (Å²) >= 11 is 1.24. The highest BCUT2D eigenvalue weighted by molar-refractivity contribution is 7.97. The van der Waals surface area contributed by atoms with Crippen LogP contribution in [0.3, 0.4) is 0 Å². The first-order valence-electron chi connectivity index (χ1n) is 8.46. The second-order valence-corrected chi connectivity index (χ2v) is 9.70. The van der Waals surface area contributed by atoms with Crippen molar-refractivity contribution >= 4 is 27.4 Å². The lowest BCUT2D eigenvalue weighted by atomic mass is 9.87. The first-order chi connectivity index (χ1) is 12.5. The minimum atomic E-state index is -3.47. The summed E-state index contributed by atoms with van der Waals surface area (Å²) in [5.74, 6) is 0.786. The summed E-state index contributed by atoms with van der Waals surface area (Å²) in [6, 6.07) is 11.1. The van der Waals surface area contributed by atoms with Crippen molar-refractivity contribution in [2.45, 2.75) is 29.1 Å². The van der Waals surface area contributed by atoms with Crippen molar-refractivity contribution in [1.29, 1.82) is 0 Å². The minimum absolute atomic E-state index is 0.330. The van der Waals surface area contributed by atoms with Crippen molar-refractivity contribution in [2.24, 2.45) is 5.16 Å². The summed E-state index contributed by atoms with van der Waals surface area (Å²) in [6.45, 7) is 0.847. The smallest absolute Gasteiger partial charge is 0.229 e. The van der Waals surface area contributed by atoms with E-state index in [0.717, 1.165) is 29.9 Å². The average Bonchev–Trinajstić information content (AvgIpc) is 3.33. The van der Waals surface area contributed by atoms with E-state index in [1.54, 1.807) is 24.6 Å². The number of oxime groups is 1. The minimum Gasteiger partial charge on any atom is -0.592 e. The van der Waals surface area contributed by atoms with Gasteiger partial charge in [0.15, 0.2) is 16.0 Å². The zero-order valence-corrected chi connectivity index (χ0v) is 16.1. The van der Waals surface area contributed by atoms with E-state index in [1.807, 2.05) is 24.3 Å². The number of benzene rings is 1. The molecule has 2 aromatic rings. The SMILES string of the molecule is COc1ccc(C2=NOC3(CCCN([S+](=O)([O-])c4cccs4)C3)C2)cc1. The molecule has 1 aromatic heterocycles. The molecule has 6 nitrogen and oxygen atoms in total. The Kier molecular flexibility index (Phi) is 4.60. The third kappa shape index (κ3) is 3.18. The van der Waals surface area contributed by atoms with Crippen LogP contribution in [-0.2, 0) is 19.4 Å². The van der Waals surface area contributed by atoms with Gasteiger partial charge in [0.05, 0.1) is 19.4 Å². The van der Waals surface area contributed by atoms with Crippen molar-refractivity contribution in [3.05, 3.63) is 47.3 Å². The molecule has 1 fully saturated rings. The molecule has 8 heteroatoms. The van der Waals surface area contributed by atoms with Crippen molar-refractivity contribution in [3.8, 4) is 5.75 Å². The van der Waals surface area contributed by atoms with Crippen LogP contribution < -0.4 is 4.74 Å². The lowest BCUT2D eigenvalue weighted by Gasteiger charge is -2.38. The van der Waals surface area contributed by atoms with Crippen LogP contribution in [-0.4, -0.2) is 40.4 Å². The largest absolute Gasteiger partial charge is 0.592 e. The Balaban J connectivity index is 1.50. The van der Waals surface area contributed by atoms with Crippen LogP contribution in [0.4, 0.5) is 0 Å². The van der Waals surface area contributed by atoms with Crippen LogP contribution in [0, 0.1) is 0 Å². The van der Waals surface area contributed by atoms with Gasteiger partial charge in [0.1, 0.15) is 5.75 Å². The number of methoxy groups -OCH3 is 1. The van der Waals surface area contributed by atoms with Gasteiger partial charge in [-0.05, 0) is 54.1 Å². The molecule has 2 atom stereocenters. The number of piperidine rings is 1. The summed E-state index contributed by atoms with van der Waals surface area (Å²) in [5.41, 5.74) is 1.25. The van der Waals surface area contributed by atoms with E-state index in [-0.39, 0.29) is 0 Å². The van der Waals surface area contributed by atoms with E-state index in [9.17, 15) is 8.76 Å². The van der Waals surface area contributed by atoms with Gasteiger partial charge in [0, 0.05) is 19.0 Å². The number of thiophene rings is 1. The molecular formula is C18H20N2O4S2. The van der Waals surface area contributed by atoms with Gasteiger partial charge >= 0.3 is 0 Å². The highest BCUT2D eigenvalue weighted by Gasteiger charge is 2.48. The Morgan fingerprint density at radius 2 is 2.15 bits per heavy atom. The molecule has 138 valence electrons. The number of hydrogen-bond donors (Lipinski definition) is 0. The van der Waals surface area contributed by atoms with Gasteiger partial charge in [0.25, 0.3) is 0 Å². The standard InChI is InChI=1S/C18H20N2O4S2/c1-23-15-7-5-14(6-8-15)16-12-18(24-19-16)9-3-10-20(13-18)26(21,22)17-4-2-11-25-17/h2,4-8,11H,3,9-10,12-13H2,1H3. The van der Waals surface area contributed by atoms with Gasteiger partial charge in [0.2, 0.25) is 4.21 Å². The van der Waals surface area contributed by atoms with E-state index < -0.39 is 16.0 Å². The summed E-state index contributed by atoms with van der Waals surface area (Å²) in [5, 5.41) is 6.06. The van der Waals surface area contributed by atoms with Crippen LogP contribution in [0.1, 0.15) is 24.8 Å². The fourth-order valence-electron chi connectivity index (χ4n) is 3.48. The predicted molar refractivity (Wildman–Crippen MR) is 100 cm³/mol. The Bertz CT molecular complexity index is 851. The molecule has 2 aliphatic heterocycles. The fourth-order valence-corrected chi connectivity index (χ4v) is 6.18. The Morgan fingerprint density at radius 3 is 2.85 bits per heavy atom. The maximum atomic E-state index is 12.8. The van der Waals surface area contributed by atoms with Crippen molar-refractivity contribution in [2.75, 3.05) is 20.2 Å². The molecule has 1 saturated heterocycles. The van der Waals surface area contributed by atoms with Gasteiger partial charge in [-0.3, -0.25) is 0 Å². The number of hydrogen-bond acceptors (Lipinski definition) is 6. The summed E-state index contributed by atoms with van der Waals surface area (Å²) in [6.07, 6.45) is 2.17. The van der Waals surface area contributed by atoms with Gasteiger partial charge in [-0.1, -0.05) is 20.7 Å². The van der Waals surface area contributed by atoms with Crippen molar-refractivity contribution in [3.63, 3.8) is 0 Å². The molecule has 0 bridgehead atoms. The first-order valence-corrected chi connectivity index (χ1v) is 10.8. The number of nitrogens with zero attached hydrogens (tertiary/aromatic N) is 2.